The molecule has 0 aromatic carbocycles. The lowest BCUT2D eigenvalue weighted by molar-refractivity contribution is 0.183. The van der Waals surface area contributed by atoms with Gasteiger partial charge in [0.1, 0.15) is 11.9 Å². The molecule has 0 radical (unpaired) electrons. The minimum atomic E-state index is -0.235. The van der Waals surface area contributed by atoms with Crippen LogP contribution in [0.1, 0.15) is 11.7 Å². The van der Waals surface area contributed by atoms with Gasteiger partial charge in [0.15, 0.2) is 0 Å². The van der Waals surface area contributed by atoms with Crippen LogP contribution >= 0.6 is 0 Å². The number of ether oxygens (including phenoxy) is 1. The van der Waals surface area contributed by atoms with E-state index in [1.807, 2.05) is 19.1 Å². The molecule has 1 aliphatic heterocycles. The van der Waals surface area contributed by atoms with Crippen molar-refractivity contribution in [2.75, 3.05) is 18.5 Å². The molecule has 0 aliphatic carbocycles. The molecule has 1 saturated heterocycles. The largest absolute Gasteiger partial charge is 0.377 e. The second kappa shape index (κ2) is 7.01. The number of nitrogens with zero attached hydrogens (tertiary/aromatic N) is 5. The third-order valence-corrected chi connectivity index (χ3v) is 4.24. The van der Waals surface area contributed by atoms with Gasteiger partial charge < -0.3 is 10.1 Å². The lowest BCUT2D eigenvalue weighted by atomic mass is 10.1. The second-order valence-electron chi connectivity index (χ2n) is 6.14. The molecule has 26 heavy (non-hydrogen) atoms. The molecule has 4 rings (SSSR count). The normalized spacial score (nSPS) is 19.4. The molecular formula is C18H18N6O2. The summed E-state index contributed by atoms with van der Waals surface area (Å²) in [6.07, 6.45) is 6.77. The van der Waals surface area contributed by atoms with Gasteiger partial charge in [0.25, 0.3) is 5.56 Å². The number of aryl methyl sites for hydroxylation is 1. The molecule has 3 aromatic heterocycles. The fourth-order valence-corrected chi connectivity index (χ4v) is 2.98. The van der Waals surface area contributed by atoms with E-state index in [-0.39, 0.29) is 17.6 Å². The van der Waals surface area contributed by atoms with Crippen molar-refractivity contribution in [3.63, 3.8) is 0 Å². The Morgan fingerprint density at radius 3 is 2.88 bits per heavy atom. The number of hydrogen-bond donors (Lipinski definition) is 1. The van der Waals surface area contributed by atoms with E-state index in [2.05, 4.69) is 25.4 Å². The molecule has 0 spiro atoms. The summed E-state index contributed by atoms with van der Waals surface area (Å²) in [5, 5.41) is 7.85. The van der Waals surface area contributed by atoms with Crippen LogP contribution in [0.3, 0.4) is 0 Å². The number of hydrogen-bond acceptors (Lipinski definition) is 7. The summed E-state index contributed by atoms with van der Waals surface area (Å²) >= 11 is 0. The highest BCUT2D eigenvalue weighted by Crippen LogP contribution is 2.22. The molecule has 0 saturated carbocycles. The van der Waals surface area contributed by atoms with E-state index >= 15 is 0 Å². The zero-order valence-electron chi connectivity index (χ0n) is 14.2. The molecular weight excluding hydrogens is 332 g/mol. The maximum atomic E-state index is 12.4. The van der Waals surface area contributed by atoms with E-state index in [0.717, 1.165) is 11.3 Å². The molecule has 1 N–H and O–H groups in total. The number of anilines is 1. The van der Waals surface area contributed by atoms with E-state index in [1.165, 1.54) is 10.7 Å². The van der Waals surface area contributed by atoms with Crippen LogP contribution in [0.15, 0.2) is 53.8 Å². The van der Waals surface area contributed by atoms with Crippen LogP contribution in [0.2, 0.25) is 0 Å². The van der Waals surface area contributed by atoms with Gasteiger partial charge in [-0.15, -0.1) is 0 Å². The Labute approximate surface area is 149 Å². The minimum absolute atomic E-state index is 0.125. The Bertz CT molecular complexity index is 959. The zero-order chi connectivity index (χ0) is 17.9. The van der Waals surface area contributed by atoms with E-state index < -0.39 is 0 Å². The van der Waals surface area contributed by atoms with Gasteiger partial charge in [0, 0.05) is 30.2 Å². The third kappa shape index (κ3) is 3.31. The van der Waals surface area contributed by atoms with E-state index in [0.29, 0.717) is 24.7 Å². The zero-order valence-corrected chi connectivity index (χ0v) is 14.2. The summed E-state index contributed by atoms with van der Waals surface area (Å²) in [7, 11) is 0. The van der Waals surface area contributed by atoms with Gasteiger partial charge in [-0.25, -0.2) is 9.67 Å². The van der Waals surface area contributed by atoms with Gasteiger partial charge in [-0.1, -0.05) is 0 Å². The summed E-state index contributed by atoms with van der Waals surface area (Å²) in [6, 6.07) is 6.62. The summed E-state index contributed by atoms with van der Waals surface area (Å²) in [6.45, 7) is 2.75. The molecule has 1 aliphatic rings. The number of nitrogens with one attached hydrogen (secondary N) is 1. The molecule has 0 bridgehead atoms. The topological polar surface area (TPSA) is 94.8 Å². The second-order valence-corrected chi connectivity index (χ2v) is 6.14. The Hall–Kier alpha value is -3.13. The quantitative estimate of drug-likeness (QED) is 0.761. The average Bonchev–Trinajstić information content (AvgIpc) is 3.11. The maximum Gasteiger partial charge on any atom is 0.267 e. The first-order chi connectivity index (χ1) is 12.7. The Balaban J connectivity index is 1.64. The smallest absolute Gasteiger partial charge is 0.267 e. The molecule has 8 heteroatoms. The van der Waals surface area contributed by atoms with Crippen LogP contribution in [-0.4, -0.2) is 44.0 Å². The van der Waals surface area contributed by atoms with Crippen molar-refractivity contribution in [2.24, 2.45) is 0 Å². The third-order valence-electron chi connectivity index (χ3n) is 4.24. The van der Waals surface area contributed by atoms with Crippen LogP contribution in [-0.2, 0) is 4.74 Å². The first-order valence-corrected chi connectivity index (χ1v) is 8.34. The predicted octanol–water partition coefficient (Wildman–Crippen LogP) is 1.46. The molecule has 8 nitrogen and oxygen atoms in total. The Morgan fingerprint density at radius 2 is 2.08 bits per heavy atom. The van der Waals surface area contributed by atoms with Crippen LogP contribution in [0, 0.1) is 6.92 Å². The standard InChI is InChI=1S/C18H18N6O2/c1-12-7-20-9-17(21-12)22-15-10-26-11-16(15)24-18(25)5-4-14(23-24)13-3-2-6-19-8-13/h2-9,15-16H,10-11H2,1H3,(H,21,22). The van der Waals surface area contributed by atoms with E-state index in [1.54, 1.807) is 30.9 Å². The van der Waals surface area contributed by atoms with Crippen molar-refractivity contribution in [1.29, 1.82) is 0 Å². The van der Waals surface area contributed by atoms with Crippen molar-refractivity contribution in [3.8, 4) is 11.3 Å². The lowest BCUT2D eigenvalue weighted by Gasteiger charge is -2.21. The van der Waals surface area contributed by atoms with E-state index in [4.69, 9.17) is 4.74 Å². The lowest BCUT2D eigenvalue weighted by Crippen LogP contribution is -2.37. The van der Waals surface area contributed by atoms with Crippen molar-refractivity contribution in [2.45, 2.75) is 19.0 Å². The van der Waals surface area contributed by atoms with Gasteiger partial charge in [-0.2, -0.15) is 5.10 Å². The van der Waals surface area contributed by atoms with E-state index in [9.17, 15) is 4.79 Å². The van der Waals surface area contributed by atoms with Crippen molar-refractivity contribution in [3.05, 3.63) is 65.1 Å². The molecule has 4 heterocycles. The summed E-state index contributed by atoms with van der Waals surface area (Å²) in [5.74, 6) is 0.655. The average molecular weight is 350 g/mol. The highest BCUT2D eigenvalue weighted by atomic mass is 16.5. The highest BCUT2D eigenvalue weighted by molar-refractivity contribution is 5.56. The minimum Gasteiger partial charge on any atom is -0.377 e. The van der Waals surface area contributed by atoms with Gasteiger partial charge >= 0.3 is 0 Å². The van der Waals surface area contributed by atoms with Gasteiger partial charge in [-0.05, 0) is 25.1 Å². The highest BCUT2D eigenvalue weighted by Gasteiger charge is 2.32. The van der Waals surface area contributed by atoms with Gasteiger partial charge in [0.2, 0.25) is 0 Å². The van der Waals surface area contributed by atoms with Crippen LogP contribution < -0.4 is 10.9 Å². The van der Waals surface area contributed by atoms with Crippen molar-refractivity contribution in [1.82, 2.24) is 24.7 Å². The monoisotopic (exact) mass is 350 g/mol. The molecule has 2 unspecified atom stereocenters. The van der Waals surface area contributed by atoms with Gasteiger partial charge in [0.05, 0.1) is 36.8 Å². The molecule has 3 aromatic rings. The van der Waals surface area contributed by atoms with Gasteiger partial charge in [-0.3, -0.25) is 14.8 Å². The summed E-state index contributed by atoms with van der Waals surface area (Å²) < 4.78 is 7.09. The maximum absolute atomic E-state index is 12.4. The fourth-order valence-electron chi connectivity index (χ4n) is 2.98. The Morgan fingerprint density at radius 1 is 1.15 bits per heavy atom. The SMILES string of the molecule is Cc1cncc(NC2COCC2n2nc(-c3cccnc3)ccc2=O)n1. The fraction of sp³-hybridized carbons (Fsp3) is 0.278. The Kier molecular flexibility index (Phi) is 4.40. The predicted molar refractivity (Wildman–Crippen MR) is 95.8 cm³/mol. The van der Waals surface area contributed by atoms with Crippen molar-refractivity contribution < 1.29 is 4.74 Å². The number of rotatable bonds is 4. The van der Waals surface area contributed by atoms with Crippen LogP contribution in [0.5, 0.6) is 0 Å². The molecule has 2 atom stereocenters. The van der Waals surface area contributed by atoms with Crippen LogP contribution in [0.4, 0.5) is 5.82 Å². The van der Waals surface area contributed by atoms with Crippen LogP contribution in [0.25, 0.3) is 11.3 Å². The first-order valence-electron chi connectivity index (χ1n) is 8.34. The number of pyridine rings is 1. The number of aromatic nitrogens is 5. The summed E-state index contributed by atoms with van der Waals surface area (Å²) in [4.78, 5) is 25.1. The summed E-state index contributed by atoms with van der Waals surface area (Å²) in [5.41, 5.74) is 2.20. The first kappa shape index (κ1) is 16.3. The molecule has 132 valence electrons. The molecule has 0 amide bonds. The van der Waals surface area contributed by atoms with Crippen molar-refractivity contribution >= 4 is 5.82 Å². The molecule has 1 fully saturated rings.